The predicted molar refractivity (Wildman–Crippen MR) is 81.6 cm³/mol. The van der Waals surface area contributed by atoms with Crippen molar-refractivity contribution in [3.63, 3.8) is 0 Å². The standard InChI is InChI=1S/C15H21FN4O2/c1-21-15(14(9-16)19-20-17)11-4-6-13(7-5-11)22-10-12-3-2-8-18-12/h4-7,12,14-15,18H,2-3,8-10H2,1H3/t12-,14+,15+/m0/s1. The summed E-state index contributed by atoms with van der Waals surface area (Å²) in [6, 6.07) is 6.79. The highest BCUT2D eigenvalue weighted by Gasteiger charge is 2.22. The highest BCUT2D eigenvalue weighted by Crippen LogP contribution is 2.25. The zero-order chi connectivity index (χ0) is 15.8. The minimum absolute atomic E-state index is 0.410. The van der Waals surface area contributed by atoms with E-state index in [-0.39, 0.29) is 0 Å². The monoisotopic (exact) mass is 308 g/mol. The van der Waals surface area contributed by atoms with Gasteiger partial charge in [-0.1, -0.05) is 17.2 Å². The Morgan fingerprint density at radius 1 is 1.45 bits per heavy atom. The highest BCUT2D eigenvalue weighted by atomic mass is 19.1. The molecule has 0 spiro atoms. The molecule has 1 aromatic rings. The predicted octanol–water partition coefficient (Wildman–Crippen LogP) is 3.15. The average Bonchev–Trinajstić information content (AvgIpc) is 3.07. The van der Waals surface area contributed by atoms with Crippen LogP contribution in [0.1, 0.15) is 24.5 Å². The van der Waals surface area contributed by atoms with Gasteiger partial charge in [-0.2, -0.15) is 0 Å². The molecule has 7 heteroatoms. The molecule has 0 aromatic heterocycles. The van der Waals surface area contributed by atoms with Crippen LogP contribution in [0.25, 0.3) is 10.4 Å². The molecule has 0 bridgehead atoms. The lowest BCUT2D eigenvalue weighted by atomic mass is 10.0. The van der Waals surface area contributed by atoms with E-state index in [1.54, 1.807) is 12.1 Å². The molecule has 0 aliphatic carbocycles. The topological polar surface area (TPSA) is 79.2 Å². The second-order valence-electron chi connectivity index (χ2n) is 5.26. The largest absolute Gasteiger partial charge is 0.492 e. The van der Waals surface area contributed by atoms with Gasteiger partial charge in [0, 0.05) is 18.1 Å². The van der Waals surface area contributed by atoms with Crippen LogP contribution < -0.4 is 10.1 Å². The number of benzene rings is 1. The Morgan fingerprint density at radius 2 is 2.23 bits per heavy atom. The molecule has 0 radical (unpaired) electrons. The van der Waals surface area contributed by atoms with E-state index in [2.05, 4.69) is 15.3 Å². The van der Waals surface area contributed by atoms with Gasteiger partial charge in [-0.15, -0.1) is 0 Å². The molecule has 1 heterocycles. The van der Waals surface area contributed by atoms with E-state index in [4.69, 9.17) is 15.0 Å². The molecule has 22 heavy (non-hydrogen) atoms. The summed E-state index contributed by atoms with van der Waals surface area (Å²) in [7, 11) is 1.47. The third kappa shape index (κ3) is 4.34. The summed E-state index contributed by atoms with van der Waals surface area (Å²) < 4.78 is 24.0. The fourth-order valence-electron chi connectivity index (χ4n) is 2.60. The Morgan fingerprint density at radius 3 is 2.77 bits per heavy atom. The number of nitrogens with zero attached hydrogens (tertiary/aromatic N) is 3. The summed E-state index contributed by atoms with van der Waals surface area (Å²) in [5.74, 6) is 0.757. The molecule has 2 rings (SSSR count). The van der Waals surface area contributed by atoms with E-state index in [1.807, 2.05) is 12.1 Å². The smallest absolute Gasteiger partial charge is 0.119 e. The van der Waals surface area contributed by atoms with E-state index in [0.29, 0.717) is 12.6 Å². The van der Waals surface area contributed by atoms with Crippen LogP contribution in [0.15, 0.2) is 29.4 Å². The van der Waals surface area contributed by atoms with Gasteiger partial charge < -0.3 is 14.8 Å². The van der Waals surface area contributed by atoms with E-state index >= 15 is 0 Å². The minimum Gasteiger partial charge on any atom is -0.492 e. The molecule has 0 amide bonds. The number of methoxy groups -OCH3 is 1. The second kappa shape index (κ2) is 8.58. The summed E-state index contributed by atoms with van der Waals surface area (Å²) in [6.45, 7) is 0.916. The van der Waals surface area contributed by atoms with Crippen LogP contribution in [0, 0.1) is 0 Å². The number of halogens is 1. The molecular formula is C15H21FN4O2. The van der Waals surface area contributed by atoms with Crippen molar-refractivity contribution >= 4 is 0 Å². The summed E-state index contributed by atoms with van der Waals surface area (Å²) >= 11 is 0. The fourth-order valence-corrected chi connectivity index (χ4v) is 2.60. The molecule has 120 valence electrons. The number of rotatable bonds is 8. The number of hydrogen-bond donors (Lipinski definition) is 1. The first-order valence-electron chi connectivity index (χ1n) is 7.37. The quantitative estimate of drug-likeness (QED) is 0.455. The lowest BCUT2D eigenvalue weighted by molar-refractivity contribution is 0.0721. The Bertz CT molecular complexity index is 499. The summed E-state index contributed by atoms with van der Waals surface area (Å²) in [5.41, 5.74) is 9.24. The van der Waals surface area contributed by atoms with Gasteiger partial charge in [0.1, 0.15) is 19.0 Å². The maximum absolute atomic E-state index is 13.0. The molecule has 3 atom stereocenters. The number of alkyl halides is 1. The van der Waals surface area contributed by atoms with Gasteiger partial charge in [0.2, 0.25) is 0 Å². The minimum atomic E-state index is -0.871. The van der Waals surface area contributed by atoms with E-state index < -0.39 is 18.8 Å². The second-order valence-corrected chi connectivity index (χ2v) is 5.26. The van der Waals surface area contributed by atoms with Crippen LogP contribution in [0.4, 0.5) is 4.39 Å². The number of nitrogens with one attached hydrogen (secondary N) is 1. The molecule has 1 N–H and O–H groups in total. The Kier molecular flexibility index (Phi) is 6.45. The Labute approximate surface area is 129 Å². The first kappa shape index (κ1) is 16.5. The van der Waals surface area contributed by atoms with Gasteiger partial charge in [-0.25, -0.2) is 0 Å². The third-order valence-electron chi connectivity index (χ3n) is 3.78. The molecule has 0 unspecified atom stereocenters. The van der Waals surface area contributed by atoms with Crippen molar-refractivity contribution in [2.45, 2.75) is 31.0 Å². The van der Waals surface area contributed by atoms with Gasteiger partial charge in [-0.05, 0) is 42.6 Å². The van der Waals surface area contributed by atoms with Crippen LogP contribution in [-0.2, 0) is 4.74 Å². The molecule has 1 saturated heterocycles. The third-order valence-corrected chi connectivity index (χ3v) is 3.78. The lowest BCUT2D eigenvalue weighted by Gasteiger charge is -2.20. The Hall–Kier alpha value is -1.82. The summed E-state index contributed by atoms with van der Waals surface area (Å²) in [4.78, 5) is 2.67. The average molecular weight is 308 g/mol. The molecule has 0 saturated carbocycles. The van der Waals surface area contributed by atoms with Crippen molar-refractivity contribution < 1.29 is 13.9 Å². The molecule has 1 aliphatic rings. The highest BCUT2D eigenvalue weighted by molar-refractivity contribution is 5.29. The first-order chi connectivity index (χ1) is 10.8. The normalized spacial score (nSPS) is 20.2. The SMILES string of the molecule is CO[C@H](c1ccc(OC[C@@H]2CCCN2)cc1)[C@@H](CF)N=[N+]=[N-]. The van der Waals surface area contributed by atoms with E-state index in [0.717, 1.165) is 24.3 Å². The van der Waals surface area contributed by atoms with Crippen LogP contribution in [0.2, 0.25) is 0 Å². The summed E-state index contributed by atoms with van der Waals surface area (Å²) in [5, 5.41) is 6.81. The van der Waals surface area contributed by atoms with Gasteiger partial charge in [0.15, 0.2) is 0 Å². The van der Waals surface area contributed by atoms with Crippen molar-refractivity contribution in [2.24, 2.45) is 5.11 Å². The van der Waals surface area contributed by atoms with E-state index in [1.165, 1.54) is 13.5 Å². The number of ether oxygens (including phenoxy) is 2. The molecule has 1 aliphatic heterocycles. The number of azide groups is 1. The van der Waals surface area contributed by atoms with Gasteiger partial charge in [-0.3, -0.25) is 4.39 Å². The zero-order valence-electron chi connectivity index (χ0n) is 12.6. The van der Waals surface area contributed by atoms with Crippen molar-refractivity contribution in [3.8, 4) is 5.75 Å². The maximum atomic E-state index is 13.0. The van der Waals surface area contributed by atoms with Crippen molar-refractivity contribution in [3.05, 3.63) is 40.3 Å². The van der Waals surface area contributed by atoms with Gasteiger partial charge in [0.25, 0.3) is 0 Å². The fraction of sp³-hybridized carbons (Fsp3) is 0.600. The van der Waals surface area contributed by atoms with Crippen LogP contribution in [0.5, 0.6) is 5.75 Å². The van der Waals surface area contributed by atoms with E-state index in [9.17, 15) is 4.39 Å². The molecule has 1 aromatic carbocycles. The Balaban J connectivity index is 1.97. The molecule has 1 fully saturated rings. The van der Waals surface area contributed by atoms with Crippen molar-refractivity contribution in [1.82, 2.24) is 5.32 Å². The van der Waals surface area contributed by atoms with Gasteiger partial charge in [0.05, 0.1) is 12.1 Å². The lowest BCUT2D eigenvalue weighted by Crippen LogP contribution is -2.28. The first-order valence-corrected chi connectivity index (χ1v) is 7.37. The molecular weight excluding hydrogens is 287 g/mol. The number of hydrogen-bond acceptors (Lipinski definition) is 4. The van der Waals surface area contributed by atoms with Gasteiger partial charge >= 0.3 is 0 Å². The summed E-state index contributed by atoms with van der Waals surface area (Å²) in [6.07, 6.45) is 1.71. The van der Waals surface area contributed by atoms with Crippen LogP contribution in [-0.4, -0.2) is 39.0 Å². The molecule has 6 nitrogen and oxygen atoms in total. The maximum Gasteiger partial charge on any atom is 0.119 e. The van der Waals surface area contributed by atoms with Crippen molar-refractivity contribution in [2.75, 3.05) is 26.9 Å². The van der Waals surface area contributed by atoms with Crippen LogP contribution in [0.3, 0.4) is 0 Å². The zero-order valence-corrected chi connectivity index (χ0v) is 12.6. The van der Waals surface area contributed by atoms with Crippen molar-refractivity contribution in [1.29, 1.82) is 0 Å². The van der Waals surface area contributed by atoms with Crippen LogP contribution >= 0.6 is 0 Å².